The molecule has 0 spiro atoms. The van der Waals surface area contributed by atoms with Gasteiger partial charge in [-0.25, -0.2) is 0 Å². The highest BCUT2D eigenvalue weighted by Gasteiger charge is 2.29. The first kappa shape index (κ1) is 11.6. The molecule has 0 bridgehead atoms. The van der Waals surface area contributed by atoms with Crippen molar-refractivity contribution in [1.82, 2.24) is 9.78 Å². The van der Waals surface area contributed by atoms with Crippen LogP contribution in [0.4, 0.5) is 0 Å². The summed E-state index contributed by atoms with van der Waals surface area (Å²) in [6.45, 7) is 2.35. The van der Waals surface area contributed by atoms with Gasteiger partial charge in [-0.3, -0.25) is 4.68 Å². The molecular formula is C11H16Br2N2. The van der Waals surface area contributed by atoms with Crippen molar-refractivity contribution in [1.29, 1.82) is 0 Å². The van der Waals surface area contributed by atoms with Gasteiger partial charge >= 0.3 is 0 Å². The van der Waals surface area contributed by atoms with Crippen LogP contribution in [-0.4, -0.2) is 14.6 Å². The summed E-state index contributed by atoms with van der Waals surface area (Å²) < 4.78 is 2.96. The normalized spacial score (nSPS) is 31.9. The SMILES string of the molecule is CC1CCC(Br)CC1c1cc(Br)nn1C. The molecule has 3 atom stereocenters. The van der Waals surface area contributed by atoms with Crippen molar-refractivity contribution in [3.8, 4) is 0 Å². The molecule has 4 heteroatoms. The van der Waals surface area contributed by atoms with Crippen molar-refractivity contribution < 1.29 is 0 Å². The molecule has 0 N–H and O–H groups in total. The zero-order valence-corrected chi connectivity index (χ0v) is 12.3. The van der Waals surface area contributed by atoms with E-state index in [1.807, 2.05) is 11.7 Å². The van der Waals surface area contributed by atoms with Gasteiger partial charge in [-0.1, -0.05) is 22.9 Å². The van der Waals surface area contributed by atoms with Crippen molar-refractivity contribution in [2.45, 2.75) is 36.9 Å². The maximum Gasteiger partial charge on any atom is 0.128 e. The lowest BCUT2D eigenvalue weighted by atomic mass is 9.78. The van der Waals surface area contributed by atoms with Gasteiger partial charge in [0.25, 0.3) is 0 Å². The van der Waals surface area contributed by atoms with Gasteiger partial charge in [-0.15, -0.1) is 0 Å². The van der Waals surface area contributed by atoms with Crippen LogP contribution in [0.25, 0.3) is 0 Å². The first-order chi connectivity index (χ1) is 7.08. The average Bonchev–Trinajstić information content (AvgIpc) is 2.50. The number of hydrogen-bond acceptors (Lipinski definition) is 1. The highest BCUT2D eigenvalue weighted by atomic mass is 79.9. The van der Waals surface area contributed by atoms with Crippen LogP contribution < -0.4 is 0 Å². The average molecular weight is 336 g/mol. The summed E-state index contributed by atoms with van der Waals surface area (Å²) in [5.41, 5.74) is 1.36. The van der Waals surface area contributed by atoms with Gasteiger partial charge < -0.3 is 0 Å². The van der Waals surface area contributed by atoms with Crippen LogP contribution in [0.2, 0.25) is 0 Å². The fourth-order valence-corrected chi connectivity index (χ4v) is 3.61. The van der Waals surface area contributed by atoms with Crippen molar-refractivity contribution >= 4 is 31.9 Å². The number of alkyl halides is 1. The van der Waals surface area contributed by atoms with E-state index in [0.717, 1.165) is 10.5 Å². The molecule has 1 aromatic rings. The van der Waals surface area contributed by atoms with Gasteiger partial charge in [-0.2, -0.15) is 5.10 Å². The third-order valence-electron chi connectivity index (χ3n) is 3.40. The summed E-state index contributed by atoms with van der Waals surface area (Å²) in [7, 11) is 2.03. The maximum absolute atomic E-state index is 4.36. The summed E-state index contributed by atoms with van der Waals surface area (Å²) in [6, 6.07) is 2.16. The fourth-order valence-electron chi connectivity index (χ4n) is 2.48. The van der Waals surface area contributed by atoms with E-state index >= 15 is 0 Å². The quantitative estimate of drug-likeness (QED) is 0.713. The molecule has 84 valence electrons. The maximum atomic E-state index is 4.36. The van der Waals surface area contributed by atoms with E-state index in [-0.39, 0.29) is 0 Å². The van der Waals surface area contributed by atoms with Crippen molar-refractivity contribution in [3.05, 3.63) is 16.4 Å². The molecule has 1 aliphatic carbocycles. The molecule has 1 fully saturated rings. The lowest BCUT2D eigenvalue weighted by Crippen LogP contribution is -2.23. The van der Waals surface area contributed by atoms with Crippen LogP contribution in [0, 0.1) is 5.92 Å². The van der Waals surface area contributed by atoms with Crippen LogP contribution in [0.5, 0.6) is 0 Å². The number of aromatic nitrogens is 2. The second-order valence-electron chi connectivity index (χ2n) is 4.51. The molecule has 1 aliphatic rings. The van der Waals surface area contributed by atoms with Crippen LogP contribution in [0.1, 0.15) is 37.8 Å². The Morgan fingerprint density at radius 3 is 2.80 bits per heavy atom. The summed E-state index contributed by atoms with van der Waals surface area (Å²) >= 11 is 7.18. The predicted molar refractivity (Wildman–Crippen MR) is 69.4 cm³/mol. The smallest absolute Gasteiger partial charge is 0.128 e. The molecule has 1 heterocycles. The summed E-state index contributed by atoms with van der Waals surface area (Å²) in [4.78, 5) is 0.673. The molecule has 0 aliphatic heterocycles. The van der Waals surface area contributed by atoms with E-state index in [2.05, 4.69) is 49.9 Å². The Morgan fingerprint density at radius 1 is 1.47 bits per heavy atom. The second kappa shape index (κ2) is 4.58. The molecule has 15 heavy (non-hydrogen) atoms. The zero-order chi connectivity index (χ0) is 11.0. The highest BCUT2D eigenvalue weighted by molar-refractivity contribution is 9.10. The molecule has 0 radical (unpaired) electrons. The van der Waals surface area contributed by atoms with Gasteiger partial charge in [0.2, 0.25) is 0 Å². The number of halogens is 2. The molecule has 2 rings (SSSR count). The standard InChI is InChI=1S/C11H16Br2N2/c1-7-3-4-8(12)5-9(7)10-6-11(13)14-15(10)2/h6-9H,3-5H2,1-2H3. The third-order valence-corrected chi connectivity index (χ3v) is 4.62. The van der Waals surface area contributed by atoms with E-state index in [1.165, 1.54) is 25.0 Å². The molecule has 1 aromatic heterocycles. The fraction of sp³-hybridized carbons (Fsp3) is 0.727. The van der Waals surface area contributed by atoms with Crippen LogP contribution in [0.3, 0.4) is 0 Å². The summed E-state index contributed by atoms with van der Waals surface area (Å²) in [6.07, 6.45) is 3.84. The molecule has 0 aromatic carbocycles. The number of hydrogen-bond donors (Lipinski definition) is 0. The van der Waals surface area contributed by atoms with Crippen molar-refractivity contribution in [3.63, 3.8) is 0 Å². The number of nitrogens with zero attached hydrogens (tertiary/aromatic N) is 2. The van der Waals surface area contributed by atoms with Gasteiger partial charge in [0.05, 0.1) is 0 Å². The van der Waals surface area contributed by atoms with Crippen molar-refractivity contribution in [2.75, 3.05) is 0 Å². The molecular weight excluding hydrogens is 320 g/mol. The number of rotatable bonds is 1. The van der Waals surface area contributed by atoms with E-state index in [0.29, 0.717) is 10.7 Å². The minimum absolute atomic E-state index is 0.645. The predicted octanol–water partition coefficient (Wildman–Crippen LogP) is 3.85. The molecule has 2 nitrogen and oxygen atoms in total. The number of aryl methyl sites for hydroxylation is 1. The monoisotopic (exact) mass is 334 g/mol. The van der Waals surface area contributed by atoms with E-state index in [1.54, 1.807) is 0 Å². The Kier molecular flexibility index (Phi) is 3.56. The minimum atomic E-state index is 0.645. The second-order valence-corrected chi connectivity index (χ2v) is 6.62. The topological polar surface area (TPSA) is 17.8 Å². The van der Waals surface area contributed by atoms with E-state index in [4.69, 9.17) is 0 Å². The first-order valence-corrected chi connectivity index (χ1v) is 7.12. The van der Waals surface area contributed by atoms with Crippen LogP contribution >= 0.6 is 31.9 Å². The van der Waals surface area contributed by atoms with Gasteiger partial charge in [0, 0.05) is 23.5 Å². The Hall–Kier alpha value is 0.170. The van der Waals surface area contributed by atoms with Gasteiger partial charge in [0.15, 0.2) is 0 Å². The van der Waals surface area contributed by atoms with Gasteiger partial charge in [-0.05, 0) is 47.2 Å². The Morgan fingerprint density at radius 2 is 2.20 bits per heavy atom. The van der Waals surface area contributed by atoms with E-state index in [9.17, 15) is 0 Å². The van der Waals surface area contributed by atoms with E-state index < -0.39 is 0 Å². The molecule has 0 saturated heterocycles. The molecule has 1 saturated carbocycles. The van der Waals surface area contributed by atoms with Crippen molar-refractivity contribution in [2.24, 2.45) is 13.0 Å². The largest absolute Gasteiger partial charge is 0.271 e. The summed E-state index contributed by atoms with van der Waals surface area (Å²) in [5.74, 6) is 1.41. The highest BCUT2D eigenvalue weighted by Crippen LogP contribution is 2.40. The first-order valence-electron chi connectivity index (χ1n) is 5.41. The molecule has 0 amide bonds. The Labute approximate surface area is 108 Å². The molecule has 3 unspecified atom stereocenters. The van der Waals surface area contributed by atoms with Crippen LogP contribution in [-0.2, 0) is 7.05 Å². The zero-order valence-electron chi connectivity index (χ0n) is 9.08. The minimum Gasteiger partial charge on any atom is -0.271 e. The van der Waals surface area contributed by atoms with Gasteiger partial charge in [0.1, 0.15) is 4.60 Å². The lowest BCUT2D eigenvalue weighted by molar-refractivity contribution is 0.327. The third kappa shape index (κ3) is 2.47. The lowest BCUT2D eigenvalue weighted by Gasteiger charge is -2.31. The Balaban J connectivity index is 2.24. The summed E-state index contributed by atoms with van der Waals surface area (Å²) in [5, 5.41) is 4.36. The van der Waals surface area contributed by atoms with Crippen LogP contribution in [0.15, 0.2) is 10.7 Å². The Bertz CT molecular complexity index is 348.